The van der Waals surface area contributed by atoms with E-state index in [1.54, 1.807) is 0 Å². The Morgan fingerprint density at radius 2 is 2.12 bits per heavy atom. The third-order valence-corrected chi connectivity index (χ3v) is 3.52. The van der Waals surface area contributed by atoms with E-state index in [9.17, 15) is 0 Å². The lowest BCUT2D eigenvalue weighted by atomic mass is 10.1. The zero-order valence-corrected chi connectivity index (χ0v) is 10.1. The van der Waals surface area contributed by atoms with E-state index < -0.39 is 0 Å². The standard InChI is InChI=1S/C14H17N3/c1-10-6-7-12(8-10)16-14-15-9-11-4-2-3-5-13(11)17-14/h2-5,9-10,12H,6-8H2,1H3,(H,15,16,17). The second kappa shape index (κ2) is 4.32. The molecule has 0 bridgehead atoms. The molecule has 3 nitrogen and oxygen atoms in total. The number of rotatable bonds is 2. The maximum atomic E-state index is 4.54. The number of para-hydroxylation sites is 1. The number of hydrogen-bond donors (Lipinski definition) is 1. The van der Waals surface area contributed by atoms with E-state index >= 15 is 0 Å². The van der Waals surface area contributed by atoms with Crippen LogP contribution < -0.4 is 5.32 Å². The maximum Gasteiger partial charge on any atom is 0.223 e. The Hall–Kier alpha value is -1.64. The molecular weight excluding hydrogens is 210 g/mol. The highest BCUT2D eigenvalue weighted by Gasteiger charge is 2.21. The third-order valence-electron chi connectivity index (χ3n) is 3.52. The van der Waals surface area contributed by atoms with Crippen LogP contribution in [0.4, 0.5) is 5.95 Å². The van der Waals surface area contributed by atoms with Crippen molar-refractivity contribution in [2.24, 2.45) is 5.92 Å². The maximum absolute atomic E-state index is 4.54. The monoisotopic (exact) mass is 227 g/mol. The zero-order valence-electron chi connectivity index (χ0n) is 10.1. The highest BCUT2D eigenvalue weighted by molar-refractivity contribution is 5.78. The Morgan fingerprint density at radius 1 is 1.24 bits per heavy atom. The highest BCUT2D eigenvalue weighted by atomic mass is 15.1. The minimum absolute atomic E-state index is 0.547. The average Bonchev–Trinajstić information content (AvgIpc) is 2.75. The van der Waals surface area contributed by atoms with Gasteiger partial charge in [0.1, 0.15) is 0 Å². The summed E-state index contributed by atoms with van der Waals surface area (Å²) < 4.78 is 0. The summed E-state index contributed by atoms with van der Waals surface area (Å²) in [6.45, 7) is 2.31. The van der Waals surface area contributed by atoms with E-state index in [2.05, 4.69) is 22.2 Å². The molecule has 1 saturated carbocycles. The van der Waals surface area contributed by atoms with Crippen LogP contribution in [-0.2, 0) is 0 Å². The number of benzene rings is 1. The Morgan fingerprint density at radius 3 is 2.94 bits per heavy atom. The third kappa shape index (κ3) is 2.23. The summed E-state index contributed by atoms with van der Waals surface area (Å²) in [5.41, 5.74) is 1.01. The van der Waals surface area contributed by atoms with Crippen molar-refractivity contribution < 1.29 is 0 Å². The molecule has 0 amide bonds. The molecule has 1 heterocycles. The van der Waals surface area contributed by atoms with Crippen molar-refractivity contribution in [3.63, 3.8) is 0 Å². The van der Waals surface area contributed by atoms with Crippen molar-refractivity contribution in [1.29, 1.82) is 0 Å². The van der Waals surface area contributed by atoms with Gasteiger partial charge in [-0.05, 0) is 31.2 Å². The average molecular weight is 227 g/mol. The normalized spacial score (nSPS) is 24.1. The van der Waals surface area contributed by atoms with Crippen LogP contribution in [0.5, 0.6) is 0 Å². The number of anilines is 1. The second-order valence-electron chi connectivity index (χ2n) is 5.01. The number of hydrogen-bond acceptors (Lipinski definition) is 3. The van der Waals surface area contributed by atoms with Crippen molar-refractivity contribution >= 4 is 16.9 Å². The van der Waals surface area contributed by atoms with Crippen LogP contribution in [0.2, 0.25) is 0 Å². The number of nitrogens with one attached hydrogen (secondary N) is 1. The number of nitrogens with zero attached hydrogens (tertiary/aromatic N) is 2. The van der Waals surface area contributed by atoms with Crippen molar-refractivity contribution in [2.45, 2.75) is 32.2 Å². The summed E-state index contributed by atoms with van der Waals surface area (Å²) in [7, 11) is 0. The predicted molar refractivity (Wildman–Crippen MR) is 70.0 cm³/mol. The van der Waals surface area contributed by atoms with Crippen LogP contribution in [0.3, 0.4) is 0 Å². The smallest absolute Gasteiger partial charge is 0.223 e. The lowest BCUT2D eigenvalue weighted by Crippen LogP contribution is -2.17. The van der Waals surface area contributed by atoms with E-state index in [0.717, 1.165) is 22.8 Å². The lowest BCUT2D eigenvalue weighted by molar-refractivity contribution is 0.602. The van der Waals surface area contributed by atoms with Gasteiger partial charge in [-0.2, -0.15) is 0 Å². The fourth-order valence-corrected chi connectivity index (χ4v) is 2.56. The second-order valence-corrected chi connectivity index (χ2v) is 5.01. The van der Waals surface area contributed by atoms with E-state index in [4.69, 9.17) is 0 Å². The number of fused-ring (bicyclic) bond motifs is 1. The molecule has 1 aromatic carbocycles. The fourth-order valence-electron chi connectivity index (χ4n) is 2.56. The molecule has 0 spiro atoms. The van der Waals surface area contributed by atoms with E-state index in [1.807, 2.05) is 30.5 Å². The minimum Gasteiger partial charge on any atom is -0.351 e. The van der Waals surface area contributed by atoms with Gasteiger partial charge in [-0.3, -0.25) is 0 Å². The van der Waals surface area contributed by atoms with Crippen LogP contribution >= 0.6 is 0 Å². The van der Waals surface area contributed by atoms with Gasteiger partial charge in [-0.15, -0.1) is 0 Å². The van der Waals surface area contributed by atoms with Crippen molar-refractivity contribution in [2.75, 3.05) is 5.32 Å². The summed E-state index contributed by atoms with van der Waals surface area (Å²) in [6.07, 6.45) is 5.67. The van der Waals surface area contributed by atoms with Gasteiger partial charge < -0.3 is 5.32 Å². The molecule has 1 fully saturated rings. The molecule has 0 radical (unpaired) electrons. The van der Waals surface area contributed by atoms with E-state index in [1.165, 1.54) is 19.3 Å². The molecule has 2 atom stereocenters. The Kier molecular flexibility index (Phi) is 2.67. The molecule has 17 heavy (non-hydrogen) atoms. The van der Waals surface area contributed by atoms with Crippen molar-refractivity contribution in [3.8, 4) is 0 Å². The zero-order chi connectivity index (χ0) is 11.7. The molecule has 0 saturated heterocycles. The van der Waals surface area contributed by atoms with Gasteiger partial charge in [0.15, 0.2) is 0 Å². The van der Waals surface area contributed by atoms with Gasteiger partial charge in [0.25, 0.3) is 0 Å². The Balaban J connectivity index is 1.81. The molecule has 2 unspecified atom stereocenters. The predicted octanol–water partition coefficient (Wildman–Crippen LogP) is 3.23. The largest absolute Gasteiger partial charge is 0.351 e. The van der Waals surface area contributed by atoms with Crippen molar-refractivity contribution in [1.82, 2.24) is 9.97 Å². The molecule has 1 aliphatic carbocycles. The summed E-state index contributed by atoms with van der Waals surface area (Å²) in [4.78, 5) is 8.91. The van der Waals surface area contributed by atoms with Crippen LogP contribution in [0.25, 0.3) is 10.9 Å². The van der Waals surface area contributed by atoms with Crippen LogP contribution in [0.1, 0.15) is 26.2 Å². The molecule has 1 aromatic heterocycles. The summed E-state index contributed by atoms with van der Waals surface area (Å²) in [5, 5.41) is 4.54. The molecule has 1 N–H and O–H groups in total. The first-order chi connectivity index (χ1) is 8.31. The summed E-state index contributed by atoms with van der Waals surface area (Å²) in [6, 6.07) is 8.64. The molecule has 88 valence electrons. The SMILES string of the molecule is CC1CCC(Nc2ncc3ccccc3n2)C1. The van der Waals surface area contributed by atoms with Gasteiger partial charge in [0, 0.05) is 17.6 Å². The minimum atomic E-state index is 0.547. The van der Waals surface area contributed by atoms with Gasteiger partial charge in [-0.25, -0.2) is 9.97 Å². The highest BCUT2D eigenvalue weighted by Crippen LogP contribution is 2.26. The van der Waals surface area contributed by atoms with Crippen molar-refractivity contribution in [3.05, 3.63) is 30.5 Å². The summed E-state index contributed by atoms with van der Waals surface area (Å²) in [5.74, 6) is 1.59. The Labute approximate surface area is 101 Å². The molecule has 2 aromatic rings. The van der Waals surface area contributed by atoms with Crippen LogP contribution in [-0.4, -0.2) is 16.0 Å². The van der Waals surface area contributed by atoms with Crippen LogP contribution in [0.15, 0.2) is 30.5 Å². The summed E-state index contributed by atoms with van der Waals surface area (Å²) >= 11 is 0. The molecular formula is C14H17N3. The topological polar surface area (TPSA) is 37.8 Å². The van der Waals surface area contributed by atoms with Gasteiger partial charge in [0.05, 0.1) is 5.52 Å². The molecule has 3 heteroatoms. The van der Waals surface area contributed by atoms with E-state index in [-0.39, 0.29) is 0 Å². The first-order valence-electron chi connectivity index (χ1n) is 6.29. The quantitative estimate of drug-likeness (QED) is 0.856. The first kappa shape index (κ1) is 10.5. The Bertz CT molecular complexity index is 524. The van der Waals surface area contributed by atoms with Crippen LogP contribution in [0, 0.1) is 5.92 Å². The molecule has 3 rings (SSSR count). The molecule has 0 aliphatic heterocycles. The first-order valence-corrected chi connectivity index (χ1v) is 6.29. The van der Waals surface area contributed by atoms with Gasteiger partial charge in [-0.1, -0.05) is 25.1 Å². The molecule has 1 aliphatic rings. The van der Waals surface area contributed by atoms with Gasteiger partial charge >= 0.3 is 0 Å². The fraction of sp³-hybridized carbons (Fsp3) is 0.429. The lowest BCUT2D eigenvalue weighted by Gasteiger charge is -2.12. The van der Waals surface area contributed by atoms with Gasteiger partial charge in [0.2, 0.25) is 5.95 Å². The number of aromatic nitrogens is 2. The van der Waals surface area contributed by atoms with E-state index in [0.29, 0.717) is 6.04 Å².